The number of carbonyl (C=O) groups is 2. The summed E-state index contributed by atoms with van der Waals surface area (Å²) in [5, 5.41) is 0. The van der Waals surface area contributed by atoms with E-state index in [0.717, 1.165) is 0 Å². The summed E-state index contributed by atoms with van der Waals surface area (Å²) in [5.41, 5.74) is 0. The van der Waals surface area contributed by atoms with Crippen LogP contribution in [-0.2, 0) is 19.1 Å². The molecule has 0 bridgehead atoms. The Morgan fingerprint density at radius 1 is 1.57 bits per heavy atom. The molecule has 0 N–H and O–H groups in total. The fourth-order valence-corrected chi connectivity index (χ4v) is 1.48. The number of alkyl halides is 1. The van der Waals surface area contributed by atoms with Crippen molar-refractivity contribution in [3.05, 3.63) is 0 Å². The third kappa shape index (κ3) is 2.29. The van der Waals surface area contributed by atoms with Crippen molar-refractivity contribution in [2.24, 2.45) is 11.8 Å². The molecule has 0 aromatic carbocycles. The van der Waals surface area contributed by atoms with Gasteiger partial charge in [0.25, 0.3) is 0 Å². The van der Waals surface area contributed by atoms with Gasteiger partial charge in [-0.25, -0.2) is 4.39 Å². The maximum atomic E-state index is 12.1. The maximum absolute atomic E-state index is 12.1. The average Bonchev–Trinajstić information content (AvgIpc) is 2.46. The fourth-order valence-electron chi connectivity index (χ4n) is 1.48. The molecular formula is C9H13FO4. The third-order valence-corrected chi connectivity index (χ3v) is 2.33. The van der Waals surface area contributed by atoms with E-state index in [4.69, 9.17) is 9.47 Å². The van der Waals surface area contributed by atoms with Gasteiger partial charge in [0.15, 0.2) is 5.78 Å². The summed E-state index contributed by atoms with van der Waals surface area (Å²) in [5.74, 6) is -1.73. The highest BCUT2D eigenvalue weighted by Gasteiger charge is 2.39. The summed E-state index contributed by atoms with van der Waals surface area (Å²) in [6.07, 6.45) is -0.715. The lowest BCUT2D eigenvalue weighted by molar-refractivity contribution is -0.172. The molecule has 1 heterocycles. The lowest BCUT2D eigenvalue weighted by atomic mass is 9.93. The van der Waals surface area contributed by atoms with Gasteiger partial charge >= 0.3 is 5.97 Å². The van der Waals surface area contributed by atoms with Crippen LogP contribution in [0.2, 0.25) is 0 Å². The summed E-state index contributed by atoms with van der Waals surface area (Å²) < 4.78 is 22.0. The van der Waals surface area contributed by atoms with Gasteiger partial charge in [0.2, 0.25) is 6.29 Å². The number of ether oxygens (including phenoxy) is 2. The van der Waals surface area contributed by atoms with Crippen molar-refractivity contribution in [2.75, 3.05) is 13.3 Å². The minimum Gasteiger partial charge on any atom is -0.436 e. The number of esters is 1. The predicted octanol–water partition coefficient (Wildman–Crippen LogP) is 0.697. The van der Waals surface area contributed by atoms with Crippen LogP contribution in [0.5, 0.6) is 0 Å². The zero-order valence-electron chi connectivity index (χ0n) is 8.16. The van der Waals surface area contributed by atoms with Crippen molar-refractivity contribution >= 4 is 11.8 Å². The van der Waals surface area contributed by atoms with Crippen molar-refractivity contribution in [1.82, 2.24) is 0 Å². The van der Waals surface area contributed by atoms with Gasteiger partial charge in [-0.05, 0) is 0 Å². The number of carbonyl (C=O) groups excluding carboxylic acids is 2. The molecule has 0 unspecified atom stereocenters. The first kappa shape index (κ1) is 11.1. The van der Waals surface area contributed by atoms with Crippen LogP contribution in [0.25, 0.3) is 0 Å². The first-order valence-corrected chi connectivity index (χ1v) is 4.43. The Labute approximate surface area is 81.4 Å². The Balaban J connectivity index is 2.55. The van der Waals surface area contributed by atoms with Crippen molar-refractivity contribution in [3.8, 4) is 0 Å². The van der Waals surface area contributed by atoms with Crippen molar-refractivity contribution in [2.45, 2.75) is 20.1 Å². The monoisotopic (exact) mass is 204 g/mol. The zero-order valence-corrected chi connectivity index (χ0v) is 8.16. The molecule has 0 spiro atoms. The molecule has 3 atom stereocenters. The third-order valence-electron chi connectivity index (χ3n) is 2.33. The smallest absolute Gasteiger partial charge is 0.304 e. The summed E-state index contributed by atoms with van der Waals surface area (Å²) in [6, 6.07) is 0. The van der Waals surface area contributed by atoms with Crippen LogP contribution in [0.3, 0.4) is 0 Å². The van der Waals surface area contributed by atoms with Crippen LogP contribution in [0.15, 0.2) is 0 Å². The van der Waals surface area contributed by atoms with E-state index in [-0.39, 0.29) is 12.5 Å². The summed E-state index contributed by atoms with van der Waals surface area (Å²) in [6.45, 7) is 2.10. The highest BCUT2D eigenvalue weighted by molar-refractivity contribution is 5.82. The highest BCUT2D eigenvalue weighted by atomic mass is 19.1. The van der Waals surface area contributed by atoms with Gasteiger partial charge in [-0.3, -0.25) is 9.59 Å². The van der Waals surface area contributed by atoms with E-state index in [9.17, 15) is 14.0 Å². The second kappa shape index (κ2) is 4.50. The molecule has 0 saturated carbocycles. The molecule has 0 radical (unpaired) electrons. The van der Waals surface area contributed by atoms with E-state index in [0.29, 0.717) is 0 Å². The first-order chi connectivity index (χ1) is 6.56. The molecule has 1 aliphatic heterocycles. The standard InChI is InChI=1S/C9H13FO4/c1-5-7(8(12)3-10)4-13-9(5)14-6(2)11/h5,7,9H,3-4H2,1-2H3/t5-,7-,9+/m1/s1. The van der Waals surface area contributed by atoms with Crippen molar-refractivity contribution in [1.29, 1.82) is 0 Å². The lowest BCUT2D eigenvalue weighted by Gasteiger charge is -2.16. The summed E-state index contributed by atoms with van der Waals surface area (Å²) in [4.78, 5) is 21.7. The van der Waals surface area contributed by atoms with Crippen LogP contribution in [0.1, 0.15) is 13.8 Å². The number of hydrogen-bond acceptors (Lipinski definition) is 4. The predicted molar refractivity (Wildman–Crippen MR) is 45.1 cm³/mol. The van der Waals surface area contributed by atoms with E-state index in [1.807, 2.05) is 0 Å². The van der Waals surface area contributed by atoms with Gasteiger partial charge in [0.05, 0.1) is 12.5 Å². The van der Waals surface area contributed by atoms with Crippen molar-refractivity contribution in [3.63, 3.8) is 0 Å². The van der Waals surface area contributed by atoms with Gasteiger partial charge in [-0.2, -0.15) is 0 Å². The van der Waals surface area contributed by atoms with Crippen LogP contribution in [0.4, 0.5) is 4.39 Å². The SMILES string of the molecule is CC(=O)O[C@@H]1OC[C@@H](C(=O)CF)[C@H]1C. The van der Waals surface area contributed by atoms with E-state index in [1.54, 1.807) is 6.92 Å². The van der Waals surface area contributed by atoms with Gasteiger partial charge in [-0.15, -0.1) is 0 Å². The summed E-state index contributed by atoms with van der Waals surface area (Å²) >= 11 is 0. The number of rotatable bonds is 3. The van der Waals surface area contributed by atoms with E-state index >= 15 is 0 Å². The number of ketones is 1. The van der Waals surface area contributed by atoms with Crippen LogP contribution < -0.4 is 0 Å². The molecule has 80 valence electrons. The van der Waals surface area contributed by atoms with E-state index < -0.39 is 30.6 Å². The molecule has 0 aromatic heterocycles. The second-order valence-corrected chi connectivity index (χ2v) is 3.38. The first-order valence-electron chi connectivity index (χ1n) is 4.43. The average molecular weight is 204 g/mol. The molecule has 0 aliphatic carbocycles. The maximum Gasteiger partial charge on any atom is 0.304 e. The molecule has 1 aliphatic rings. The normalized spacial score (nSPS) is 31.5. The number of Topliss-reactive ketones (excluding diaryl/α,β-unsaturated/α-hetero) is 1. The van der Waals surface area contributed by atoms with Gasteiger partial charge in [0, 0.05) is 12.8 Å². The highest BCUT2D eigenvalue weighted by Crippen LogP contribution is 2.28. The Bertz CT molecular complexity index is 241. The van der Waals surface area contributed by atoms with Gasteiger partial charge in [0.1, 0.15) is 6.67 Å². The zero-order chi connectivity index (χ0) is 10.7. The molecule has 1 fully saturated rings. The Morgan fingerprint density at radius 3 is 2.71 bits per heavy atom. The molecule has 0 aromatic rings. The minimum absolute atomic E-state index is 0.127. The van der Waals surface area contributed by atoms with E-state index in [1.165, 1.54) is 6.92 Å². The summed E-state index contributed by atoms with van der Waals surface area (Å²) in [7, 11) is 0. The molecule has 1 saturated heterocycles. The Morgan fingerprint density at radius 2 is 2.21 bits per heavy atom. The molecule has 0 amide bonds. The number of halogens is 1. The van der Waals surface area contributed by atoms with Gasteiger partial charge < -0.3 is 9.47 Å². The molecule has 4 nitrogen and oxygen atoms in total. The number of hydrogen-bond donors (Lipinski definition) is 0. The van der Waals surface area contributed by atoms with Crippen molar-refractivity contribution < 1.29 is 23.5 Å². The van der Waals surface area contributed by atoms with E-state index in [2.05, 4.69) is 0 Å². The van der Waals surface area contributed by atoms with Gasteiger partial charge in [-0.1, -0.05) is 6.92 Å². The molecular weight excluding hydrogens is 191 g/mol. The molecule has 5 heteroatoms. The fraction of sp³-hybridized carbons (Fsp3) is 0.778. The lowest BCUT2D eigenvalue weighted by Crippen LogP contribution is -2.27. The van der Waals surface area contributed by atoms with Crippen LogP contribution >= 0.6 is 0 Å². The Hall–Kier alpha value is -0.970. The van der Waals surface area contributed by atoms with Crippen LogP contribution in [-0.4, -0.2) is 31.3 Å². The quantitative estimate of drug-likeness (QED) is 0.635. The molecule has 14 heavy (non-hydrogen) atoms. The van der Waals surface area contributed by atoms with Crippen LogP contribution in [0, 0.1) is 11.8 Å². The second-order valence-electron chi connectivity index (χ2n) is 3.38. The minimum atomic E-state index is -0.995. The topological polar surface area (TPSA) is 52.6 Å². The Kier molecular flexibility index (Phi) is 3.57. The largest absolute Gasteiger partial charge is 0.436 e. The molecule has 1 rings (SSSR count).